The lowest BCUT2D eigenvalue weighted by atomic mass is 9.86. The molecule has 0 fully saturated rings. The lowest BCUT2D eigenvalue weighted by Gasteiger charge is -2.18. The van der Waals surface area contributed by atoms with Gasteiger partial charge in [-0.15, -0.1) is 0 Å². The third-order valence-corrected chi connectivity index (χ3v) is 6.51. The Morgan fingerprint density at radius 1 is 0.676 bits per heavy atom. The van der Waals surface area contributed by atoms with Crippen LogP contribution < -0.4 is 9.47 Å². The van der Waals surface area contributed by atoms with Crippen LogP contribution in [0.15, 0.2) is 109 Å². The Morgan fingerprint density at radius 2 is 1.29 bits per heavy atom. The fraction of sp³-hybridized carbons (Fsp3) is 0.161. The summed E-state index contributed by atoms with van der Waals surface area (Å²) in [6.45, 7) is 0.836. The first kappa shape index (κ1) is 21.8. The van der Waals surface area contributed by atoms with Crippen LogP contribution in [0.25, 0.3) is 10.9 Å². The number of hydrogen-bond donors (Lipinski definition) is 0. The second kappa shape index (κ2) is 9.88. The average Bonchev–Trinajstić information content (AvgIpc) is 3.24. The van der Waals surface area contributed by atoms with Crippen LogP contribution in [0.2, 0.25) is 0 Å². The molecule has 0 amide bonds. The molecule has 170 valence electrons. The first-order valence-corrected chi connectivity index (χ1v) is 11.6. The van der Waals surface area contributed by atoms with Crippen molar-refractivity contribution >= 4 is 10.9 Å². The van der Waals surface area contributed by atoms with Crippen LogP contribution in [0.3, 0.4) is 0 Å². The van der Waals surface area contributed by atoms with Crippen LogP contribution >= 0.6 is 0 Å². The molecule has 5 rings (SSSR count). The molecule has 0 spiro atoms. The van der Waals surface area contributed by atoms with Crippen LogP contribution in [-0.2, 0) is 13.0 Å². The minimum atomic E-state index is 0.231. The molecule has 0 radical (unpaired) electrons. The number of methoxy groups -OCH3 is 2. The molecule has 4 aromatic carbocycles. The minimum absolute atomic E-state index is 0.231. The highest BCUT2D eigenvalue weighted by Gasteiger charge is 2.19. The second-order valence-electron chi connectivity index (χ2n) is 8.59. The number of fused-ring (bicyclic) bond motifs is 1. The number of aromatic nitrogens is 1. The number of benzene rings is 4. The first-order chi connectivity index (χ1) is 16.7. The Hall–Kier alpha value is -3.98. The van der Waals surface area contributed by atoms with Crippen molar-refractivity contribution in [1.82, 2.24) is 4.57 Å². The molecule has 1 heterocycles. The van der Waals surface area contributed by atoms with E-state index in [1.165, 1.54) is 33.2 Å². The van der Waals surface area contributed by atoms with Gasteiger partial charge in [0, 0.05) is 29.6 Å². The highest BCUT2D eigenvalue weighted by atomic mass is 16.5. The average molecular weight is 448 g/mol. The molecule has 1 aromatic heterocycles. The van der Waals surface area contributed by atoms with Crippen LogP contribution in [0.4, 0.5) is 0 Å². The summed E-state index contributed by atoms with van der Waals surface area (Å²) in [4.78, 5) is 0. The molecule has 3 nitrogen and oxygen atoms in total. The number of nitrogens with zero attached hydrogens (tertiary/aromatic N) is 1. The zero-order valence-corrected chi connectivity index (χ0v) is 19.6. The van der Waals surface area contributed by atoms with Gasteiger partial charge < -0.3 is 14.0 Å². The zero-order chi connectivity index (χ0) is 23.3. The molecule has 0 saturated carbocycles. The predicted octanol–water partition coefficient (Wildman–Crippen LogP) is 7.08. The van der Waals surface area contributed by atoms with Crippen molar-refractivity contribution in [2.45, 2.75) is 18.9 Å². The summed E-state index contributed by atoms with van der Waals surface area (Å²) in [5, 5.41) is 1.24. The van der Waals surface area contributed by atoms with E-state index in [9.17, 15) is 0 Å². The van der Waals surface area contributed by atoms with Crippen LogP contribution in [0.5, 0.6) is 11.5 Å². The maximum Gasteiger partial charge on any atom is 0.119 e. The lowest BCUT2D eigenvalue weighted by Crippen LogP contribution is -2.05. The molecule has 0 aliphatic heterocycles. The van der Waals surface area contributed by atoms with E-state index in [4.69, 9.17) is 9.47 Å². The number of rotatable bonds is 8. The van der Waals surface area contributed by atoms with E-state index in [1.807, 2.05) is 18.2 Å². The van der Waals surface area contributed by atoms with Crippen molar-refractivity contribution in [2.75, 3.05) is 14.2 Å². The number of hydrogen-bond acceptors (Lipinski definition) is 2. The van der Waals surface area contributed by atoms with Crippen LogP contribution in [0, 0.1) is 0 Å². The fourth-order valence-electron chi connectivity index (χ4n) is 4.72. The van der Waals surface area contributed by atoms with Crippen LogP contribution in [0.1, 0.15) is 28.2 Å². The molecule has 3 heteroatoms. The second-order valence-corrected chi connectivity index (χ2v) is 8.59. The third-order valence-electron chi connectivity index (χ3n) is 6.51. The normalized spacial score (nSPS) is 11.9. The summed E-state index contributed by atoms with van der Waals surface area (Å²) in [5.41, 5.74) is 6.41. The molecule has 5 aromatic rings. The lowest BCUT2D eigenvalue weighted by molar-refractivity contribution is 0.414. The van der Waals surface area contributed by atoms with Gasteiger partial charge in [0.1, 0.15) is 11.5 Å². The molecule has 34 heavy (non-hydrogen) atoms. The van der Waals surface area contributed by atoms with Crippen molar-refractivity contribution in [1.29, 1.82) is 0 Å². The van der Waals surface area contributed by atoms with Gasteiger partial charge in [0.15, 0.2) is 0 Å². The van der Waals surface area contributed by atoms with Gasteiger partial charge in [0.05, 0.1) is 14.2 Å². The zero-order valence-electron chi connectivity index (χ0n) is 19.6. The van der Waals surface area contributed by atoms with E-state index in [2.05, 4.69) is 95.7 Å². The highest BCUT2D eigenvalue weighted by Crippen LogP contribution is 2.34. The van der Waals surface area contributed by atoms with Crippen molar-refractivity contribution in [3.8, 4) is 11.5 Å². The van der Waals surface area contributed by atoms with E-state index in [0.29, 0.717) is 0 Å². The summed E-state index contributed by atoms with van der Waals surface area (Å²) < 4.78 is 13.3. The maximum absolute atomic E-state index is 5.58. The van der Waals surface area contributed by atoms with E-state index in [1.54, 1.807) is 14.2 Å². The largest absolute Gasteiger partial charge is 0.497 e. The van der Waals surface area contributed by atoms with Crippen molar-refractivity contribution < 1.29 is 9.47 Å². The van der Waals surface area contributed by atoms with Gasteiger partial charge in [-0.2, -0.15) is 0 Å². The molecular weight excluding hydrogens is 418 g/mol. The summed E-state index contributed by atoms with van der Waals surface area (Å²) in [6.07, 6.45) is 3.21. The molecule has 0 aliphatic rings. The monoisotopic (exact) mass is 447 g/mol. The van der Waals surface area contributed by atoms with E-state index in [-0.39, 0.29) is 5.92 Å². The summed E-state index contributed by atoms with van der Waals surface area (Å²) in [7, 11) is 3.44. The fourth-order valence-corrected chi connectivity index (χ4v) is 4.72. The Bertz CT molecular complexity index is 1360. The number of ether oxygens (including phenoxy) is 2. The summed E-state index contributed by atoms with van der Waals surface area (Å²) in [6, 6.07) is 36.2. The van der Waals surface area contributed by atoms with Crippen molar-refractivity contribution in [3.05, 3.63) is 132 Å². The summed E-state index contributed by atoms with van der Waals surface area (Å²) >= 11 is 0. The third kappa shape index (κ3) is 4.55. The molecular formula is C31H29NO2. The van der Waals surface area contributed by atoms with Crippen molar-refractivity contribution in [2.24, 2.45) is 0 Å². The highest BCUT2D eigenvalue weighted by molar-refractivity contribution is 5.85. The van der Waals surface area contributed by atoms with Crippen molar-refractivity contribution in [3.63, 3.8) is 0 Å². The SMILES string of the molecule is COc1ccc(C(Cc2cn(Cc3ccccc3)c3ccc(OC)cc23)c2ccccc2)cc1. The van der Waals surface area contributed by atoms with E-state index >= 15 is 0 Å². The van der Waals surface area contributed by atoms with Gasteiger partial charge in [-0.1, -0.05) is 72.8 Å². The summed E-state index contributed by atoms with van der Waals surface area (Å²) in [5.74, 6) is 1.99. The molecule has 0 bridgehead atoms. The minimum Gasteiger partial charge on any atom is -0.497 e. The molecule has 1 unspecified atom stereocenters. The predicted molar refractivity (Wildman–Crippen MR) is 139 cm³/mol. The van der Waals surface area contributed by atoms with Gasteiger partial charge in [0.2, 0.25) is 0 Å². The Morgan fingerprint density at radius 3 is 1.97 bits per heavy atom. The van der Waals surface area contributed by atoms with E-state index in [0.717, 1.165) is 24.5 Å². The Labute approximate surface area is 201 Å². The van der Waals surface area contributed by atoms with Gasteiger partial charge in [0.25, 0.3) is 0 Å². The van der Waals surface area contributed by atoms with Gasteiger partial charge in [-0.3, -0.25) is 0 Å². The van der Waals surface area contributed by atoms with Gasteiger partial charge in [-0.05, 0) is 59.0 Å². The molecule has 0 aliphatic carbocycles. The van der Waals surface area contributed by atoms with E-state index < -0.39 is 0 Å². The molecule has 1 atom stereocenters. The maximum atomic E-state index is 5.58. The Kier molecular flexibility index (Phi) is 6.35. The topological polar surface area (TPSA) is 23.4 Å². The molecule has 0 N–H and O–H groups in total. The Balaban J connectivity index is 1.59. The molecule has 0 saturated heterocycles. The smallest absolute Gasteiger partial charge is 0.119 e. The first-order valence-electron chi connectivity index (χ1n) is 11.6. The quantitative estimate of drug-likeness (QED) is 0.254. The van der Waals surface area contributed by atoms with Crippen LogP contribution in [-0.4, -0.2) is 18.8 Å². The van der Waals surface area contributed by atoms with Gasteiger partial charge >= 0.3 is 0 Å². The standard InChI is InChI=1S/C31H29NO2/c1-33-27-15-13-25(14-16-27)29(24-11-7-4-8-12-24)19-26-22-32(21-23-9-5-3-6-10-23)31-18-17-28(34-2)20-30(26)31/h3-18,20,22,29H,19,21H2,1-2H3. The van der Waals surface area contributed by atoms with Gasteiger partial charge in [-0.25, -0.2) is 0 Å².